The molecule has 1 aromatic carbocycles. The van der Waals surface area contributed by atoms with Gasteiger partial charge < -0.3 is 24.4 Å². The number of nitrogens with zero attached hydrogens (tertiary/aromatic N) is 1. The number of ether oxygens (including phenoxy) is 3. The molecule has 4 rings (SSSR count). The van der Waals surface area contributed by atoms with E-state index in [-0.39, 0.29) is 23.7 Å². The number of methoxy groups -OCH3 is 1. The van der Waals surface area contributed by atoms with Crippen molar-refractivity contribution >= 4 is 11.8 Å². The molecular formula is C21H28N2O5. The van der Waals surface area contributed by atoms with Crippen LogP contribution in [0, 0.1) is 11.8 Å². The average Bonchev–Trinajstić information content (AvgIpc) is 3.42. The predicted molar refractivity (Wildman–Crippen MR) is 102 cm³/mol. The van der Waals surface area contributed by atoms with Gasteiger partial charge in [0.2, 0.25) is 11.8 Å². The third-order valence-corrected chi connectivity index (χ3v) is 5.97. The van der Waals surface area contributed by atoms with Crippen molar-refractivity contribution in [1.29, 1.82) is 0 Å². The lowest BCUT2D eigenvalue weighted by molar-refractivity contribution is -0.187. The van der Waals surface area contributed by atoms with Gasteiger partial charge in [-0.3, -0.25) is 9.59 Å². The maximum absolute atomic E-state index is 12.7. The summed E-state index contributed by atoms with van der Waals surface area (Å²) in [5, 5.41) is 2.97. The maximum Gasteiger partial charge on any atom is 0.226 e. The van der Waals surface area contributed by atoms with Crippen molar-refractivity contribution in [2.45, 2.75) is 31.5 Å². The van der Waals surface area contributed by atoms with E-state index in [0.717, 1.165) is 17.7 Å². The minimum atomic E-state index is -0.474. The van der Waals surface area contributed by atoms with Gasteiger partial charge in [-0.2, -0.15) is 0 Å². The Morgan fingerprint density at radius 2 is 1.82 bits per heavy atom. The van der Waals surface area contributed by atoms with Crippen LogP contribution in [0.4, 0.5) is 0 Å². The number of rotatable bonds is 6. The van der Waals surface area contributed by atoms with Crippen molar-refractivity contribution in [3.8, 4) is 5.75 Å². The number of amides is 2. The zero-order valence-electron chi connectivity index (χ0n) is 16.3. The summed E-state index contributed by atoms with van der Waals surface area (Å²) in [7, 11) is 1.64. The highest BCUT2D eigenvalue weighted by Gasteiger charge is 2.51. The fourth-order valence-corrected chi connectivity index (χ4v) is 4.10. The first-order valence-corrected chi connectivity index (χ1v) is 10.1. The second kappa shape index (κ2) is 8.09. The van der Waals surface area contributed by atoms with E-state index in [1.807, 2.05) is 29.2 Å². The second-order valence-corrected chi connectivity index (χ2v) is 7.77. The molecule has 0 radical (unpaired) electrons. The quantitative estimate of drug-likeness (QED) is 0.796. The van der Waals surface area contributed by atoms with Crippen LogP contribution in [-0.2, 0) is 25.5 Å². The van der Waals surface area contributed by atoms with Crippen molar-refractivity contribution in [2.24, 2.45) is 11.8 Å². The van der Waals surface area contributed by atoms with E-state index in [9.17, 15) is 9.59 Å². The number of likely N-dealkylation sites (tertiary alicyclic amines) is 1. The van der Waals surface area contributed by atoms with Crippen LogP contribution in [0.2, 0.25) is 0 Å². The van der Waals surface area contributed by atoms with Crippen LogP contribution in [0.1, 0.15) is 24.8 Å². The van der Waals surface area contributed by atoms with E-state index in [4.69, 9.17) is 14.2 Å². The van der Waals surface area contributed by atoms with E-state index in [1.54, 1.807) is 7.11 Å². The van der Waals surface area contributed by atoms with E-state index in [0.29, 0.717) is 52.1 Å². The smallest absolute Gasteiger partial charge is 0.226 e. The Morgan fingerprint density at radius 3 is 2.46 bits per heavy atom. The van der Waals surface area contributed by atoms with Gasteiger partial charge in [-0.25, -0.2) is 0 Å². The molecule has 2 saturated heterocycles. The number of carbonyl (C=O) groups excluding carboxylic acids is 2. The Kier molecular flexibility index (Phi) is 5.55. The lowest BCUT2D eigenvalue weighted by Crippen LogP contribution is -2.48. The van der Waals surface area contributed by atoms with Gasteiger partial charge in [0, 0.05) is 32.5 Å². The molecule has 2 aliphatic heterocycles. The zero-order chi connectivity index (χ0) is 19.6. The molecule has 2 amide bonds. The largest absolute Gasteiger partial charge is 0.497 e. The van der Waals surface area contributed by atoms with Gasteiger partial charge in [0.1, 0.15) is 5.75 Å². The summed E-state index contributed by atoms with van der Waals surface area (Å²) in [6.45, 7) is 3.12. The number of carbonyl (C=O) groups is 2. The fourth-order valence-electron chi connectivity index (χ4n) is 4.10. The van der Waals surface area contributed by atoms with Crippen molar-refractivity contribution in [2.75, 3.05) is 40.0 Å². The van der Waals surface area contributed by atoms with Gasteiger partial charge in [-0.15, -0.1) is 0 Å². The molecule has 1 N–H and O–H groups in total. The number of piperidine rings is 1. The molecule has 0 aromatic heterocycles. The SMILES string of the molecule is COc1ccc(CCNC(=O)C2CC2C(=O)N2CCC3(CC2)OCCO3)cc1. The fraction of sp³-hybridized carbons (Fsp3) is 0.619. The zero-order valence-corrected chi connectivity index (χ0v) is 16.3. The van der Waals surface area contributed by atoms with Gasteiger partial charge in [-0.1, -0.05) is 12.1 Å². The van der Waals surface area contributed by atoms with Crippen molar-refractivity contribution in [3.63, 3.8) is 0 Å². The summed E-state index contributed by atoms with van der Waals surface area (Å²) in [6.07, 6.45) is 2.84. The molecule has 1 aromatic rings. The Hall–Kier alpha value is -2.12. The Balaban J connectivity index is 1.18. The molecule has 1 spiro atoms. The summed E-state index contributed by atoms with van der Waals surface area (Å²) < 4.78 is 16.6. The Bertz CT molecular complexity index is 704. The average molecular weight is 388 g/mol. The highest BCUT2D eigenvalue weighted by molar-refractivity contribution is 5.92. The molecule has 3 fully saturated rings. The van der Waals surface area contributed by atoms with Gasteiger partial charge >= 0.3 is 0 Å². The van der Waals surface area contributed by atoms with Crippen molar-refractivity contribution in [1.82, 2.24) is 10.2 Å². The molecule has 7 nitrogen and oxygen atoms in total. The predicted octanol–water partition coefficient (Wildman–Crippen LogP) is 1.36. The summed E-state index contributed by atoms with van der Waals surface area (Å²) >= 11 is 0. The van der Waals surface area contributed by atoms with Crippen LogP contribution < -0.4 is 10.1 Å². The first-order valence-electron chi connectivity index (χ1n) is 10.1. The molecular weight excluding hydrogens is 360 g/mol. The number of hydrogen-bond donors (Lipinski definition) is 1. The van der Waals surface area contributed by atoms with Crippen LogP contribution >= 0.6 is 0 Å². The van der Waals surface area contributed by atoms with Crippen LogP contribution in [0.3, 0.4) is 0 Å². The van der Waals surface area contributed by atoms with Gasteiger partial charge in [0.15, 0.2) is 5.79 Å². The lowest BCUT2D eigenvalue weighted by atomic mass is 10.0. The first-order chi connectivity index (χ1) is 13.6. The number of hydrogen-bond acceptors (Lipinski definition) is 5. The molecule has 28 heavy (non-hydrogen) atoms. The molecule has 0 bridgehead atoms. The topological polar surface area (TPSA) is 77.1 Å². The van der Waals surface area contributed by atoms with E-state index >= 15 is 0 Å². The third kappa shape index (κ3) is 4.15. The van der Waals surface area contributed by atoms with Crippen LogP contribution in [0.25, 0.3) is 0 Å². The van der Waals surface area contributed by atoms with Gasteiger partial charge in [0.25, 0.3) is 0 Å². The van der Waals surface area contributed by atoms with Crippen LogP contribution in [-0.4, -0.2) is 62.5 Å². The first kappa shape index (κ1) is 19.2. The third-order valence-electron chi connectivity index (χ3n) is 5.97. The molecule has 3 aliphatic rings. The second-order valence-electron chi connectivity index (χ2n) is 7.77. The standard InChI is InChI=1S/C21H28N2O5/c1-26-16-4-2-15(3-5-16)6-9-22-19(24)17-14-18(17)20(25)23-10-7-21(8-11-23)27-12-13-28-21/h2-5,17-18H,6-14H2,1H3,(H,22,24). The van der Waals surface area contributed by atoms with Crippen LogP contribution in [0.5, 0.6) is 5.75 Å². The lowest BCUT2D eigenvalue weighted by Gasteiger charge is -2.37. The van der Waals surface area contributed by atoms with Gasteiger partial charge in [0.05, 0.1) is 32.2 Å². The highest BCUT2D eigenvalue weighted by Crippen LogP contribution is 2.41. The Labute approximate surface area is 165 Å². The molecule has 2 unspecified atom stereocenters. The molecule has 2 heterocycles. The summed E-state index contributed by atoms with van der Waals surface area (Å²) in [4.78, 5) is 26.9. The van der Waals surface area contributed by atoms with Crippen LogP contribution in [0.15, 0.2) is 24.3 Å². The maximum atomic E-state index is 12.7. The highest BCUT2D eigenvalue weighted by atomic mass is 16.7. The monoisotopic (exact) mass is 388 g/mol. The summed E-state index contributed by atoms with van der Waals surface area (Å²) in [5.74, 6) is 0.0879. The van der Waals surface area contributed by atoms with E-state index in [2.05, 4.69) is 5.32 Å². The normalized spacial score (nSPS) is 25.5. The molecule has 1 aliphatic carbocycles. The molecule has 7 heteroatoms. The minimum absolute atomic E-state index is 0.0113. The number of benzene rings is 1. The minimum Gasteiger partial charge on any atom is -0.497 e. The summed E-state index contributed by atoms with van der Waals surface area (Å²) in [6, 6.07) is 7.82. The van der Waals surface area contributed by atoms with Gasteiger partial charge in [-0.05, 0) is 30.5 Å². The van der Waals surface area contributed by atoms with E-state index in [1.165, 1.54) is 0 Å². The van der Waals surface area contributed by atoms with E-state index < -0.39 is 5.79 Å². The molecule has 2 atom stereocenters. The molecule has 152 valence electrons. The summed E-state index contributed by atoms with van der Waals surface area (Å²) in [5.41, 5.74) is 1.14. The van der Waals surface area contributed by atoms with Crippen molar-refractivity contribution in [3.05, 3.63) is 29.8 Å². The van der Waals surface area contributed by atoms with Crippen molar-refractivity contribution < 1.29 is 23.8 Å². The number of nitrogens with one attached hydrogen (secondary N) is 1. The molecule has 1 saturated carbocycles. The Morgan fingerprint density at radius 1 is 1.14 bits per heavy atom.